The molecule has 3 aromatic rings. The van der Waals surface area contributed by atoms with Gasteiger partial charge in [-0.15, -0.1) is 0 Å². The van der Waals surface area contributed by atoms with Crippen LogP contribution >= 0.6 is 0 Å². The van der Waals surface area contributed by atoms with E-state index < -0.39 is 24.4 Å². The number of hydrogen-bond acceptors (Lipinski definition) is 7. The highest BCUT2D eigenvalue weighted by atomic mass is 19.4. The molecule has 1 unspecified atom stereocenters. The van der Waals surface area contributed by atoms with Gasteiger partial charge >= 0.3 is 12.2 Å². The Morgan fingerprint density at radius 2 is 1.80 bits per heavy atom. The Balaban J connectivity index is 0.000000294. The summed E-state index contributed by atoms with van der Waals surface area (Å²) in [5.74, 6) is 1.08. The first kappa shape index (κ1) is 42.2. The second kappa shape index (κ2) is 22.0. The van der Waals surface area contributed by atoms with Gasteiger partial charge in [-0.2, -0.15) is 18.2 Å². The van der Waals surface area contributed by atoms with E-state index in [4.69, 9.17) is 4.42 Å². The lowest BCUT2D eigenvalue weighted by Crippen LogP contribution is -2.60. The number of urea groups is 1. The van der Waals surface area contributed by atoms with Crippen molar-refractivity contribution < 1.29 is 36.0 Å². The number of carbonyl (C=O) groups is 2. The fourth-order valence-electron chi connectivity index (χ4n) is 4.98. The van der Waals surface area contributed by atoms with E-state index >= 15 is 0 Å². The van der Waals surface area contributed by atoms with Crippen molar-refractivity contribution in [2.45, 2.75) is 65.6 Å². The molecule has 2 fully saturated rings. The molecular formula is C36H48F5N7O3. The minimum atomic E-state index is -4.24. The van der Waals surface area contributed by atoms with Crippen LogP contribution in [0.25, 0.3) is 0 Å². The van der Waals surface area contributed by atoms with Gasteiger partial charge in [0.05, 0.1) is 42.9 Å². The van der Waals surface area contributed by atoms with Gasteiger partial charge < -0.3 is 30.2 Å². The lowest BCUT2D eigenvalue weighted by molar-refractivity contribution is -0.128. The van der Waals surface area contributed by atoms with Crippen molar-refractivity contribution in [3.8, 4) is 0 Å². The second-order valence-corrected chi connectivity index (χ2v) is 11.7. The molecule has 3 N–H and O–H groups in total. The number of aromatic nitrogens is 2. The van der Waals surface area contributed by atoms with Crippen LogP contribution in [0.4, 0.5) is 50.0 Å². The van der Waals surface area contributed by atoms with Crippen molar-refractivity contribution in [1.82, 2.24) is 15.3 Å². The van der Waals surface area contributed by atoms with E-state index in [1.165, 1.54) is 19.1 Å². The summed E-state index contributed by atoms with van der Waals surface area (Å²) in [4.78, 5) is 34.4. The van der Waals surface area contributed by atoms with E-state index in [1.807, 2.05) is 28.9 Å². The number of nitrogens with zero attached hydrogens (tertiary/aromatic N) is 4. The third-order valence-electron chi connectivity index (χ3n) is 7.49. The predicted molar refractivity (Wildman–Crippen MR) is 191 cm³/mol. The summed E-state index contributed by atoms with van der Waals surface area (Å²) in [6, 6.07) is 9.40. The maximum Gasteiger partial charge on any atom is 0.394 e. The lowest BCUT2D eigenvalue weighted by Gasteiger charge is -2.40. The fraction of sp³-hybridized carbons (Fsp3) is 0.444. The molecule has 0 spiro atoms. The van der Waals surface area contributed by atoms with Crippen LogP contribution in [-0.2, 0) is 11.2 Å². The van der Waals surface area contributed by atoms with Crippen LogP contribution in [0.2, 0.25) is 0 Å². The van der Waals surface area contributed by atoms with Crippen LogP contribution in [0.15, 0.2) is 71.3 Å². The molecule has 2 aliphatic heterocycles. The largest absolute Gasteiger partial charge is 0.429 e. The van der Waals surface area contributed by atoms with Crippen molar-refractivity contribution in [3.05, 3.63) is 84.2 Å². The molecule has 1 aromatic carbocycles. The number of allylic oxidation sites excluding steroid dienone is 4. The molecule has 5 rings (SSSR count). The molecule has 2 aliphatic rings. The number of carbonyl (C=O) groups excluding carboxylic acids is 2. The summed E-state index contributed by atoms with van der Waals surface area (Å²) in [6.07, 6.45) is 8.42. The zero-order chi connectivity index (χ0) is 37.8. The highest BCUT2D eigenvalue weighted by molar-refractivity contribution is 5.89. The van der Waals surface area contributed by atoms with E-state index in [9.17, 15) is 31.5 Å². The van der Waals surface area contributed by atoms with E-state index in [-0.39, 0.29) is 23.2 Å². The van der Waals surface area contributed by atoms with Gasteiger partial charge in [-0.1, -0.05) is 50.3 Å². The number of benzene rings is 1. The minimum Gasteiger partial charge on any atom is -0.429 e. The molecule has 3 amide bonds. The molecule has 0 radical (unpaired) electrons. The highest BCUT2D eigenvalue weighted by Crippen LogP contribution is 2.28. The summed E-state index contributed by atoms with van der Waals surface area (Å²) in [6.45, 7) is 10.6. The smallest absolute Gasteiger partial charge is 0.394 e. The zero-order valence-corrected chi connectivity index (χ0v) is 29.6. The molecule has 280 valence electrons. The number of nitrogens with one attached hydrogen (secondary N) is 3. The second-order valence-electron chi connectivity index (χ2n) is 11.7. The van der Waals surface area contributed by atoms with Crippen molar-refractivity contribution in [2.75, 3.05) is 53.8 Å². The monoisotopic (exact) mass is 721 g/mol. The Morgan fingerprint density at radius 1 is 1.08 bits per heavy atom. The molecule has 0 bridgehead atoms. The Labute approximate surface area is 296 Å². The quantitative estimate of drug-likeness (QED) is 0.116. The number of halogens is 5. The molecule has 0 saturated carbocycles. The topological polar surface area (TPSA) is 116 Å². The van der Waals surface area contributed by atoms with Crippen LogP contribution in [-0.4, -0.2) is 68.0 Å². The molecule has 2 aromatic heterocycles. The maximum atomic E-state index is 13.5. The van der Waals surface area contributed by atoms with E-state index in [0.717, 1.165) is 38.2 Å². The van der Waals surface area contributed by atoms with Gasteiger partial charge in [0.15, 0.2) is 0 Å². The molecule has 15 heteroatoms. The van der Waals surface area contributed by atoms with Gasteiger partial charge in [-0.3, -0.25) is 9.18 Å². The van der Waals surface area contributed by atoms with Crippen LogP contribution in [0.3, 0.4) is 0 Å². The molecule has 51 heavy (non-hydrogen) atoms. The Morgan fingerprint density at radius 3 is 2.39 bits per heavy atom. The van der Waals surface area contributed by atoms with Gasteiger partial charge in [-0.05, 0) is 63.3 Å². The average Bonchev–Trinajstić information content (AvgIpc) is 3.44. The number of pyridine rings is 1. The highest BCUT2D eigenvalue weighted by Gasteiger charge is 2.32. The molecule has 1 atom stereocenters. The first-order valence-corrected chi connectivity index (χ1v) is 16.6. The van der Waals surface area contributed by atoms with Gasteiger partial charge in [0.2, 0.25) is 6.41 Å². The summed E-state index contributed by atoms with van der Waals surface area (Å²) >= 11 is 0. The van der Waals surface area contributed by atoms with Gasteiger partial charge in [0, 0.05) is 26.2 Å². The van der Waals surface area contributed by atoms with Gasteiger partial charge in [0.25, 0.3) is 6.01 Å². The Hall–Kier alpha value is -4.95. The van der Waals surface area contributed by atoms with E-state index in [0.29, 0.717) is 44.3 Å². The third kappa shape index (κ3) is 15.2. The normalized spacial score (nSPS) is 15.8. The number of piperidine rings is 1. The summed E-state index contributed by atoms with van der Waals surface area (Å²) in [5.41, 5.74) is 0.759. The molecule has 10 nitrogen and oxygen atoms in total. The van der Waals surface area contributed by atoms with Gasteiger partial charge in [0.1, 0.15) is 17.4 Å². The lowest BCUT2D eigenvalue weighted by atomic mass is 10.0. The summed E-state index contributed by atoms with van der Waals surface area (Å²) in [5, 5.41) is 7.78. The number of amides is 3. The first-order chi connectivity index (χ1) is 24.4. The first-order valence-electron chi connectivity index (χ1n) is 16.6. The molecule has 0 aliphatic carbocycles. The number of alkyl halides is 4. The Kier molecular flexibility index (Phi) is 18.2. The number of oxazole rings is 1. The van der Waals surface area contributed by atoms with Crippen LogP contribution in [0, 0.1) is 18.7 Å². The van der Waals surface area contributed by atoms with Crippen LogP contribution in [0.1, 0.15) is 51.5 Å². The standard InChI is InChI=1S/C16H16FN5O2.C12H17F3N2O.C7H12.CH3F/c17-13-3-1-2-4-14(13)21-16(24)20-12-8-22(9-12)15-6-5-11(7-18-15)19-10-23;1-8-4-3-5-17(7-8)11-16-10(9(2)18-11)6-12(13,14)15;1-3-5-7-6-4-2;1-2/h1-7,10,12H,8-9H2,(H,19,23)(H2,20,21,24);8H,3-7H2,1-2H3;3,5-7H,4H2,1-2H3;1H3/b;;5-3-,7-6-;. The number of aryl methyl sites for hydroxylation is 1. The SMILES string of the molecule is C/C=C\C=C/CC.CF.Cc1oc(N2CCCC(C)C2)nc1CC(F)(F)F.O=CNc1ccc(N2CC(NC(=O)Nc3ccccc3F)C2)nc1. The average molecular weight is 722 g/mol. The fourth-order valence-corrected chi connectivity index (χ4v) is 4.98. The van der Waals surface area contributed by atoms with Crippen LogP contribution in [0.5, 0.6) is 0 Å². The van der Waals surface area contributed by atoms with Crippen molar-refractivity contribution in [1.29, 1.82) is 0 Å². The summed E-state index contributed by atoms with van der Waals surface area (Å²) in [7, 11) is 0.500. The number of anilines is 4. The van der Waals surface area contributed by atoms with Crippen molar-refractivity contribution in [2.24, 2.45) is 5.92 Å². The van der Waals surface area contributed by atoms with Crippen molar-refractivity contribution >= 4 is 35.6 Å². The predicted octanol–water partition coefficient (Wildman–Crippen LogP) is 8.24. The molecular weight excluding hydrogens is 673 g/mol. The van der Waals surface area contributed by atoms with E-state index in [1.54, 1.807) is 30.5 Å². The number of hydrogen-bond donors (Lipinski definition) is 3. The number of rotatable bonds is 9. The van der Waals surface area contributed by atoms with Crippen molar-refractivity contribution in [3.63, 3.8) is 0 Å². The number of para-hydroxylation sites is 1. The zero-order valence-electron chi connectivity index (χ0n) is 29.6. The van der Waals surface area contributed by atoms with Gasteiger partial charge in [-0.25, -0.2) is 14.2 Å². The maximum absolute atomic E-state index is 13.5. The third-order valence-corrected chi connectivity index (χ3v) is 7.49. The Bertz CT molecular complexity index is 1520. The molecule has 2 saturated heterocycles. The minimum absolute atomic E-state index is 0.00396. The van der Waals surface area contributed by atoms with Crippen LogP contribution < -0.4 is 25.8 Å². The molecule has 4 heterocycles. The van der Waals surface area contributed by atoms with E-state index in [2.05, 4.69) is 51.9 Å². The summed E-state index contributed by atoms with van der Waals surface area (Å²) < 4.78 is 65.4.